The summed E-state index contributed by atoms with van der Waals surface area (Å²) in [4.78, 5) is 25.2. The summed E-state index contributed by atoms with van der Waals surface area (Å²) in [6, 6.07) is 0. The summed E-state index contributed by atoms with van der Waals surface area (Å²) in [5, 5.41) is 0. The Morgan fingerprint density at radius 2 is 2.24 bits per heavy atom. The smallest absolute Gasteiger partial charge is 0.310 e. The van der Waals surface area contributed by atoms with Crippen molar-refractivity contribution in [3.63, 3.8) is 0 Å². The van der Waals surface area contributed by atoms with Crippen LogP contribution >= 0.6 is 11.6 Å². The van der Waals surface area contributed by atoms with Crippen LogP contribution in [0.2, 0.25) is 0 Å². The molecule has 1 N–H and O–H groups in total. The van der Waals surface area contributed by atoms with Gasteiger partial charge in [0.1, 0.15) is 0 Å². The van der Waals surface area contributed by atoms with E-state index in [1.54, 1.807) is 0 Å². The molecule has 0 amide bonds. The van der Waals surface area contributed by atoms with Crippen LogP contribution in [0.25, 0.3) is 0 Å². The average molecular weight is 266 g/mol. The van der Waals surface area contributed by atoms with Gasteiger partial charge in [-0.2, -0.15) is 0 Å². The van der Waals surface area contributed by atoms with Gasteiger partial charge in [0.25, 0.3) is 6.43 Å². The number of nitrogens with one attached hydrogen (secondary N) is 1. The zero-order valence-electron chi connectivity index (χ0n) is 8.93. The van der Waals surface area contributed by atoms with Crippen LogP contribution in [0.3, 0.4) is 0 Å². The number of rotatable bonds is 4. The molecule has 0 saturated carbocycles. The third-order valence-electron chi connectivity index (χ3n) is 2.22. The second-order valence-corrected chi connectivity index (χ2v) is 3.48. The highest BCUT2D eigenvalue weighted by atomic mass is 35.5. The summed E-state index contributed by atoms with van der Waals surface area (Å²) in [7, 11) is 1.15. The Bertz CT molecular complexity index is 473. The Labute approximate surface area is 101 Å². The molecule has 0 bridgehead atoms. The molecule has 1 aromatic rings. The van der Waals surface area contributed by atoms with Gasteiger partial charge in [-0.25, -0.2) is 8.78 Å². The summed E-state index contributed by atoms with van der Waals surface area (Å²) in [6.07, 6.45) is -2.38. The lowest BCUT2D eigenvalue weighted by Gasteiger charge is -2.08. The molecule has 1 heterocycles. The van der Waals surface area contributed by atoms with Gasteiger partial charge in [0.15, 0.2) is 5.43 Å². The SMILES string of the molecule is COC(=O)Cc1c(CCl)[nH]cc(C(F)F)c1=O. The molecule has 0 atom stereocenters. The highest BCUT2D eigenvalue weighted by Crippen LogP contribution is 2.16. The van der Waals surface area contributed by atoms with Crippen LogP contribution in [0.4, 0.5) is 8.78 Å². The van der Waals surface area contributed by atoms with Gasteiger partial charge in [0, 0.05) is 17.5 Å². The number of aromatic nitrogens is 1. The molecule has 94 valence electrons. The maximum atomic E-state index is 12.5. The summed E-state index contributed by atoms with van der Waals surface area (Å²) in [6.45, 7) is 0. The molecule has 1 rings (SSSR count). The lowest BCUT2D eigenvalue weighted by Crippen LogP contribution is -2.22. The average Bonchev–Trinajstić information content (AvgIpc) is 2.30. The predicted molar refractivity (Wildman–Crippen MR) is 57.3 cm³/mol. The predicted octanol–water partition coefficient (Wildman–Crippen LogP) is 1.77. The number of aromatic amines is 1. The van der Waals surface area contributed by atoms with Crippen molar-refractivity contribution >= 4 is 17.6 Å². The van der Waals surface area contributed by atoms with Gasteiger partial charge < -0.3 is 9.72 Å². The summed E-state index contributed by atoms with van der Waals surface area (Å²) < 4.78 is 29.4. The fourth-order valence-electron chi connectivity index (χ4n) is 1.31. The highest BCUT2D eigenvalue weighted by Gasteiger charge is 2.19. The molecule has 0 spiro atoms. The Kier molecular flexibility index (Phi) is 4.62. The minimum Gasteiger partial charge on any atom is -0.469 e. The van der Waals surface area contributed by atoms with E-state index in [4.69, 9.17) is 11.6 Å². The normalized spacial score (nSPS) is 10.6. The Morgan fingerprint density at radius 3 is 2.71 bits per heavy atom. The van der Waals surface area contributed by atoms with Gasteiger partial charge in [-0.1, -0.05) is 0 Å². The van der Waals surface area contributed by atoms with Crippen LogP contribution in [0, 0.1) is 0 Å². The molecular weight excluding hydrogens is 256 g/mol. The van der Waals surface area contributed by atoms with Gasteiger partial charge in [-0.15, -0.1) is 11.6 Å². The second-order valence-electron chi connectivity index (χ2n) is 3.22. The standard InChI is InChI=1S/C10H10ClF2NO3/c1-17-8(15)2-5-7(3-11)14-4-6(9(5)16)10(12)13/h4,10H,2-3H2,1H3,(H,14,16). The molecule has 0 unspecified atom stereocenters. The number of ether oxygens (including phenoxy) is 1. The van der Waals surface area contributed by atoms with E-state index in [0.717, 1.165) is 13.3 Å². The number of carbonyl (C=O) groups excluding carboxylic acids is 1. The number of alkyl halides is 3. The van der Waals surface area contributed by atoms with E-state index in [-0.39, 0.29) is 23.6 Å². The molecule has 17 heavy (non-hydrogen) atoms. The van der Waals surface area contributed by atoms with Crippen LogP contribution in [0.1, 0.15) is 23.2 Å². The Morgan fingerprint density at radius 1 is 1.59 bits per heavy atom. The summed E-state index contributed by atoms with van der Waals surface area (Å²) in [5.41, 5.74) is -1.39. The summed E-state index contributed by atoms with van der Waals surface area (Å²) in [5.74, 6) is -0.765. The van der Waals surface area contributed by atoms with Gasteiger partial charge in [0.05, 0.1) is 25.0 Å². The first-order valence-electron chi connectivity index (χ1n) is 4.65. The topological polar surface area (TPSA) is 59.2 Å². The van der Waals surface area contributed by atoms with E-state index in [0.29, 0.717) is 0 Å². The maximum Gasteiger partial charge on any atom is 0.310 e. The molecular formula is C10H10ClF2NO3. The molecule has 4 nitrogen and oxygen atoms in total. The molecule has 0 aliphatic heterocycles. The Hall–Kier alpha value is -1.43. The van der Waals surface area contributed by atoms with Crippen LogP contribution in [0.15, 0.2) is 11.0 Å². The minimum absolute atomic E-state index is 0.0783. The van der Waals surface area contributed by atoms with Crippen molar-refractivity contribution in [3.8, 4) is 0 Å². The monoisotopic (exact) mass is 265 g/mol. The molecule has 0 fully saturated rings. The number of esters is 1. The van der Waals surface area contributed by atoms with E-state index >= 15 is 0 Å². The van der Waals surface area contributed by atoms with Gasteiger partial charge in [0.2, 0.25) is 0 Å². The molecule has 1 aromatic heterocycles. The maximum absolute atomic E-state index is 12.5. The number of carbonyl (C=O) groups is 1. The number of H-pyrrole nitrogens is 1. The zero-order chi connectivity index (χ0) is 13.0. The second kappa shape index (κ2) is 5.77. The third kappa shape index (κ3) is 3.03. The van der Waals surface area contributed by atoms with E-state index in [1.807, 2.05) is 0 Å². The van der Waals surface area contributed by atoms with Crippen LogP contribution in [-0.4, -0.2) is 18.1 Å². The van der Waals surface area contributed by atoms with Gasteiger partial charge in [-0.3, -0.25) is 9.59 Å². The molecule has 0 radical (unpaired) electrons. The fourth-order valence-corrected chi connectivity index (χ4v) is 1.55. The lowest BCUT2D eigenvalue weighted by atomic mass is 10.1. The summed E-state index contributed by atoms with van der Waals surface area (Å²) >= 11 is 5.55. The third-order valence-corrected chi connectivity index (χ3v) is 2.49. The first kappa shape index (κ1) is 13.6. The minimum atomic E-state index is -2.90. The van der Waals surface area contributed by atoms with Gasteiger partial charge in [-0.05, 0) is 0 Å². The van der Waals surface area contributed by atoms with Crippen molar-refractivity contribution < 1.29 is 18.3 Å². The van der Waals surface area contributed by atoms with Crippen molar-refractivity contribution in [2.24, 2.45) is 0 Å². The number of hydrogen-bond donors (Lipinski definition) is 1. The van der Waals surface area contributed by atoms with Crippen molar-refractivity contribution in [3.05, 3.63) is 33.2 Å². The molecule has 0 aromatic carbocycles. The molecule has 0 saturated heterocycles. The van der Waals surface area contributed by atoms with E-state index in [1.165, 1.54) is 0 Å². The fraction of sp³-hybridized carbons (Fsp3) is 0.400. The number of pyridine rings is 1. The lowest BCUT2D eigenvalue weighted by molar-refractivity contribution is -0.139. The van der Waals surface area contributed by atoms with Crippen LogP contribution < -0.4 is 5.43 Å². The largest absolute Gasteiger partial charge is 0.469 e. The van der Waals surface area contributed by atoms with Crippen molar-refractivity contribution in [2.75, 3.05) is 7.11 Å². The molecule has 7 heteroatoms. The van der Waals surface area contributed by atoms with Crippen molar-refractivity contribution in [2.45, 2.75) is 18.7 Å². The molecule has 0 aliphatic carbocycles. The number of halogens is 3. The van der Waals surface area contributed by atoms with Crippen molar-refractivity contribution in [1.82, 2.24) is 4.98 Å². The van der Waals surface area contributed by atoms with E-state index < -0.39 is 23.4 Å². The first-order chi connectivity index (χ1) is 8.01. The zero-order valence-corrected chi connectivity index (χ0v) is 9.68. The molecule has 0 aliphatic rings. The Balaban J connectivity index is 3.28. The first-order valence-corrected chi connectivity index (χ1v) is 5.19. The van der Waals surface area contributed by atoms with E-state index in [2.05, 4.69) is 9.72 Å². The van der Waals surface area contributed by atoms with Crippen molar-refractivity contribution in [1.29, 1.82) is 0 Å². The quantitative estimate of drug-likeness (QED) is 0.667. The van der Waals surface area contributed by atoms with Crippen LogP contribution in [-0.2, 0) is 21.8 Å². The number of methoxy groups -OCH3 is 1. The number of hydrogen-bond acceptors (Lipinski definition) is 3. The van der Waals surface area contributed by atoms with Gasteiger partial charge >= 0.3 is 5.97 Å². The highest BCUT2D eigenvalue weighted by molar-refractivity contribution is 6.17. The van der Waals surface area contributed by atoms with E-state index in [9.17, 15) is 18.4 Å². The van der Waals surface area contributed by atoms with Crippen LogP contribution in [0.5, 0.6) is 0 Å².